The first-order valence-corrected chi connectivity index (χ1v) is 3.41. The number of nitrogens with two attached hydrogens (primary N) is 1. The Labute approximate surface area is 65.0 Å². The highest BCUT2D eigenvalue weighted by atomic mass is 16.2. The maximum absolute atomic E-state index is 11.0. The van der Waals surface area contributed by atoms with Gasteiger partial charge in [-0.2, -0.15) is 5.10 Å². The van der Waals surface area contributed by atoms with Crippen LogP contribution < -0.4 is 5.73 Å². The van der Waals surface area contributed by atoms with Gasteiger partial charge in [-0.25, -0.2) is 4.68 Å². The quantitative estimate of drug-likeness (QED) is 0.622. The zero-order valence-corrected chi connectivity index (χ0v) is 6.66. The van der Waals surface area contributed by atoms with Crippen LogP contribution in [0.1, 0.15) is 16.2 Å². The summed E-state index contributed by atoms with van der Waals surface area (Å²) in [6, 6.07) is 1.84. The van der Waals surface area contributed by atoms with Crippen LogP contribution in [-0.4, -0.2) is 22.2 Å². The smallest absolute Gasteiger partial charge is 0.260 e. The van der Waals surface area contributed by atoms with E-state index in [0.29, 0.717) is 0 Å². The van der Waals surface area contributed by atoms with Crippen molar-refractivity contribution in [3.05, 3.63) is 17.5 Å². The molecule has 4 nitrogen and oxygen atoms in total. The fourth-order valence-electron chi connectivity index (χ4n) is 0.968. The van der Waals surface area contributed by atoms with Gasteiger partial charge in [0, 0.05) is 5.69 Å². The molecule has 1 aromatic rings. The molecule has 0 aliphatic rings. The van der Waals surface area contributed by atoms with Gasteiger partial charge in [-0.3, -0.25) is 4.79 Å². The number of nitrogens with zero attached hydrogens (tertiary/aromatic N) is 2. The van der Waals surface area contributed by atoms with Crippen LogP contribution >= 0.6 is 0 Å². The SMILES string of the molecule is Cc1cc(C)n(C(=O)CN)n1. The first-order chi connectivity index (χ1) is 5.15. The average Bonchev–Trinajstić information content (AvgIpc) is 2.28. The van der Waals surface area contributed by atoms with Crippen LogP contribution in [0.2, 0.25) is 0 Å². The number of carbonyl (C=O) groups excluding carboxylic acids is 1. The van der Waals surface area contributed by atoms with E-state index in [1.54, 1.807) is 0 Å². The Kier molecular flexibility index (Phi) is 2.05. The standard InChI is InChI=1S/C7H11N3O/c1-5-3-6(2)10(9-5)7(11)4-8/h3H,4,8H2,1-2H3. The summed E-state index contributed by atoms with van der Waals surface area (Å²) >= 11 is 0. The van der Waals surface area contributed by atoms with Gasteiger partial charge in [-0.15, -0.1) is 0 Å². The fourth-order valence-corrected chi connectivity index (χ4v) is 0.968. The van der Waals surface area contributed by atoms with E-state index in [0.717, 1.165) is 11.4 Å². The Bertz CT molecular complexity index is 277. The van der Waals surface area contributed by atoms with Gasteiger partial charge in [-0.05, 0) is 19.9 Å². The summed E-state index contributed by atoms with van der Waals surface area (Å²) in [5.74, 6) is -0.171. The molecule has 0 saturated carbocycles. The Balaban J connectivity index is 3.03. The molecule has 0 fully saturated rings. The van der Waals surface area contributed by atoms with Gasteiger partial charge < -0.3 is 5.73 Å². The van der Waals surface area contributed by atoms with Crippen LogP contribution in [-0.2, 0) is 0 Å². The van der Waals surface area contributed by atoms with Crippen molar-refractivity contribution in [3.63, 3.8) is 0 Å². The molecule has 0 amide bonds. The summed E-state index contributed by atoms with van der Waals surface area (Å²) in [5.41, 5.74) is 6.84. The maximum Gasteiger partial charge on any atom is 0.260 e. The molecule has 11 heavy (non-hydrogen) atoms. The van der Waals surface area contributed by atoms with Crippen LogP contribution in [0.15, 0.2) is 6.07 Å². The Hall–Kier alpha value is -1.16. The second-order valence-electron chi connectivity index (χ2n) is 2.44. The molecule has 60 valence electrons. The topological polar surface area (TPSA) is 60.9 Å². The summed E-state index contributed by atoms with van der Waals surface area (Å²) < 4.78 is 1.33. The summed E-state index contributed by atoms with van der Waals surface area (Å²) in [6.45, 7) is 3.67. The summed E-state index contributed by atoms with van der Waals surface area (Å²) in [7, 11) is 0. The van der Waals surface area contributed by atoms with Gasteiger partial charge >= 0.3 is 0 Å². The molecule has 1 aromatic heterocycles. The third-order valence-corrected chi connectivity index (χ3v) is 1.42. The lowest BCUT2D eigenvalue weighted by Crippen LogP contribution is -2.23. The van der Waals surface area contributed by atoms with Gasteiger partial charge in [0.15, 0.2) is 0 Å². The zero-order valence-electron chi connectivity index (χ0n) is 6.66. The fraction of sp³-hybridized carbons (Fsp3) is 0.429. The number of rotatable bonds is 1. The van der Waals surface area contributed by atoms with E-state index in [1.165, 1.54) is 4.68 Å². The molecule has 0 atom stereocenters. The second-order valence-corrected chi connectivity index (χ2v) is 2.44. The normalized spacial score (nSPS) is 10.1. The number of hydrogen-bond donors (Lipinski definition) is 1. The van der Waals surface area contributed by atoms with Crippen molar-refractivity contribution in [1.82, 2.24) is 9.78 Å². The van der Waals surface area contributed by atoms with E-state index in [-0.39, 0.29) is 12.5 Å². The van der Waals surface area contributed by atoms with Crippen molar-refractivity contribution in [2.45, 2.75) is 13.8 Å². The number of hydrogen-bond acceptors (Lipinski definition) is 3. The lowest BCUT2D eigenvalue weighted by Gasteiger charge is -1.97. The Morgan fingerprint density at radius 2 is 2.36 bits per heavy atom. The minimum Gasteiger partial charge on any atom is -0.322 e. The molecular weight excluding hydrogens is 142 g/mol. The highest BCUT2D eigenvalue weighted by molar-refractivity contribution is 5.80. The van der Waals surface area contributed by atoms with E-state index in [1.807, 2.05) is 19.9 Å². The van der Waals surface area contributed by atoms with Crippen LogP contribution in [0.25, 0.3) is 0 Å². The molecule has 1 rings (SSSR count). The van der Waals surface area contributed by atoms with Gasteiger partial charge in [-0.1, -0.05) is 0 Å². The van der Waals surface area contributed by atoms with Crippen LogP contribution in [0.5, 0.6) is 0 Å². The van der Waals surface area contributed by atoms with E-state index >= 15 is 0 Å². The molecule has 0 bridgehead atoms. The maximum atomic E-state index is 11.0. The highest BCUT2D eigenvalue weighted by Gasteiger charge is 2.06. The third-order valence-electron chi connectivity index (χ3n) is 1.42. The van der Waals surface area contributed by atoms with Gasteiger partial charge in [0.05, 0.1) is 12.2 Å². The summed E-state index contributed by atoms with van der Waals surface area (Å²) in [4.78, 5) is 11.0. The molecule has 0 saturated heterocycles. The van der Waals surface area contributed by atoms with Crippen molar-refractivity contribution in [3.8, 4) is 0 Å². The lowest BCUT2D eigenvalue weighted by atomic mass is 10.4. The van der Waals surface area contributed by atoms with E-state index < -0.39 is 0 Å². The van der Waals surface area contributed by atoms with Gasteiger partial charge in [0.1, 0.15) is 0 Å². The molecule has 4 heteroatoms. The minimum atomic E-state index is -0.171. The number of aryl methyl sites for hydroxylation is 2. The molecular formula is C7H11N3O. The second kappa shape index (κ2) is 2.84. The van der Waals surface area contributed by atoms with Crippen molar-refractivity contribution in [2.75, 3.05) is 6.54 Å². The third kappa shape index (κ3) is 1.46. The van der Waals surface area contributed by atoms with Crippen LogP contribution in [0.3, 0.4) is 0 Å². The monoisotopic (exact) mass is 153 g/mol. The highest BCUT2D eigenvalue weighted by Crippen LogP contribution is 2.00. The molecule has 0 aromatic carbocycles. The Morgan fingerprint density at radius 3 is 2.73 bits per heavy atom. The number of aromatic nitrogens is 2. The largest absolute Gasteiger partial charge is 0.322 e. The van der Waals surface area contributed by atoms with Gasteiger partial charge in [0.25, 0.3) is 5.91 Å². The van der Waals surface area contributed by atoms with Gasteiger partial charge in [0.2, 0.25) is 0 Å². The van der Waals surface area contributed by atoms with Crippen molar-refractivity contribution in [1.29, 1.82) is 0 Å². The molecule has 0 unspecified atom stereocenters. The molecule has 1 heterocycles. The lowest BCUT2D eigenvalue weighted by molar-refractivity contribution is 0.0905. The van der Waals surface area contributed by atoms with Crippen LogP contribution in [0, 0.1) is 13.8 Å². The average molecular weight is 153 g/mol. The summed E-state index contributed by atoms with van der Waals surface area (Å²) in [5, 5.41) is 3.97. The van der Waals surface area contributed by atoms with Crippen molar-refractivity contribution >= 4 is 5.91 Å². The van der Waals surface area contributed by atoms with E-state index in [2.05, 4.69) is 5.10 Å². The van der Waals surface area contributed by atoms with E-state index in [4.69, 9.17) is 5.73 Å². The first kappa shape index (κ1) is 7.94. The zero-order chi connectivity index (χ0) is 8.43. The molecule has 2 N–H and O–H groups in total. The molecule has 0 aliphatic heterocycles. The first-order valence-electron chi connectivity index (χ1n) is 3.41. The molecule has 0 radical (unpaired) electrons. The van der Waals surface area contributed by atoms with Crippen molar-refractivity contribution < 1.29 is 4.79 Å². The predicted molar refractivity (Wildman–Crippen MR) is 41.4 cm³/mol. The predicted octanol–water partition coefficient (Wildman–Crippen LogP) is 0.0988. The molecule has 0 spiro atoms. The van der Waals surface area contributed by atoms with Crippen LogP contribution in [0.4, 0.5) is 0 Å². The number of carbonyl (C=O) groups is 1. The Morgan fingerprint density at radius 1 is 1.73 bits per heavy atom. The summed E-state index contributed by atoms with van der Waals surface area (Å²) in [6.07, 6.45) is 0. The minimum absolute atomic E-state index is 0.00194. The van der Waals surface area contributed by atoms with Crippen molar-refractivity contribution in [2.24, 2.45) is 5.73 Å². The van der Waals surface area contributed by atoms with E-state index in [9.17, 15) is 4.79 Å². The molecule has 0 aliphatic carbocycles.